The molecule has 2 atom stereocenters. The van der Waals surface area contributed by atoms with Gasteiger partial charge in [-0.05, 0) is 51.4 Å². The van der Waals surface area contributed by atoms with E-state index in [0.29, 0.717) is 18.9 Å². The summed E-state index contributed by atoms with van der Waals surface area (Å²) in [4.78, 5) is 23.8. The smallest absolute Gasteiger partial charge is 0.306 e. The molecule has 0 aromatic carbocycles. The Morgan fingerprint density at radius 2 is 0.744 bits per heavy atom. The largest absolute Gasteiger partial charge is 0.469 e. The number of hydrogen-bond acceptors (Lipinski definition) is 5. The van der Waals surface area contributed by atoms with E-state index in [9.17, 15) is 9.59 Å². The first kappa shape index (κ1) is 41.9. The third kappa shape index (κ3) is 30.7. The minimum Gasteiger partial charge on any atom is -0.469 e. The zero-order valence-electron chi connectivity index (χ0n) is 29.4. The predicted octanol–water partition coefficient (Wildman–Crippen LogP) is 11.8. The summed E-state index contributed by atoms with van der Waals surface area (Å²) in [6.07, 6.45) is 35.6. The third-order valence-corrected chi connectivity index (χ3v) is 8.93. The van der Waals surface area contributed by atoms with Crippen molar-refractivity contribution in [3.63, 3.8) is 0 Å². The second-order valence-corrected chi connectivity index (χ2v) is 13.0. The van der Waals surface area contributed by atoms with Crippen LogP contribution in [0.2, 0.25) is 0 Å². The van der Waals surface area contributed by atoms with E-state index in [2.05, 4.69) is 13.8 Å². The van der Waals surface area contributed by atoms with Crippen molar-refractivity contribution >= 4 is 11.9 Å². The Bertz CT molecular complexity index is 593. The van der Waals surface area contributed by atoms with Crippen LogP contribution < -0.4 is 0 Å². The summed E-state index contributed by atoms with van der Waals surface area (Å²) in [7, 11) is 3.33. The molecule has 5 nitrogen and oxygen atoms in total. The summed E-state index contributed by atoms with van der Waals surface area (Å²) in [5.41, 5.74) is 0. The van der Waals surface area contributed by atoms with Gasteiger partial charge in [0.25, 0.3) is 0 Å². The van der Waals surface area contributed by atoms with Gasteiger partial charge in [-0.3, -0.25) is 9.59 Å². The number of methoxy groups -OCH3 is 2. The van der Waals surface area contributed by atoms with Gasteiger partial charge >= 0.3 is 11.9 Å². The van der Waals surface area contributed by atoms with Crippen LogP contribution >= 0.6 is 0 Å². The maximum Gasteiger partial charge on any atom is 0.306 e. The van der Waals surface area contributed by atoms with E-state index in [1.54, 1.807) is 0 Å². The van der Waals surface area contributed by atoms with Crippen molar-refractivity contribution in [1.82, 2.24) is 0 Å². The molecule has 0 saturated heterocycles. The van der Waals surface area contributed by atoms with E-state index >= 15 is 0 Å². The molecular weight excluding hydrogens is 536 g/mol. The van der Waals surface area contributed by atoms with Crippen molar-refractivity contribution in [2.75, 3.05) is 14.2 Å². The van der Waals surface area contributed by atoms with Gasteiger partial charge < -0.3 is 14.2 Å². The molecule has 0 aromatic rings. The van der Waals surface area contributed by atoms with Crippen LogP contribution in [-0.4, -0.2) is 38.4 Å². The number of esters is 2. The maximum atomic E-state index is 12.6. The molecule has 0 aliphatic carbocycles. The highest BCUT2D eigenvalue weighted by atomic mass is 16.5. The monoisotopic (exact) mass is 611 g/mol. The van der Waals surface area contributed by atoms with Crippen LogP contribution in [0.3, 0.4) is 0 Å². The van der Waals surface area contributed by atoms with Crippen LogP contribution in [0.1, 0.15) is 206 Å². The van der Waals surface area contributed by atoms with Gasteiger partial charge in [0.15, 0.2) is 0 Å². The molecule has 0 spiro atoms. The first-order chi connectivity index (χ1) is 21.1. The van der Waals surface area contributed by atoms with E-state index < -0.39 is 0 Å². The standard InChI is InChI=1S/C38H74O5/c1-5-7-9-23-29-35(41-3)30-25-19-15-11-14-18-22-28-34-38(40)43-36(31-24-10-8-6-2)32-26-20-16-12-13-17-21-27-33-37(39)42-4/h35-36H,5-34H2,1-4H3. The van der Waals surface area contributed by atoms with Gasteiger partial charge in [0, 0.05) is 20.0 Å². The van der Waals surface area contributed by atoms with Gasteiger partial charge in [-0.15, -0.1) is 0 Å². The van der Waals surface area contributed by atoms with Crippen molar-refractivity contribution in [3.05, 3.63) is 0 Å². The second-order valence-electron chi connectivity index (χ2n) is 13.0. The van der Waals surface area contributed by atoms with Gasteiger partial charge in [0.2, 0.25) is 0 Å². The summed E-state index contributed by atoms with van der Waals surface area (Å²) in [5.74, 6) is -0.0727. The van der Waals surface area contributed by atoms with Gasteiger partial charge in [-0.2, -0.15) is 0 Å². The number of carbonyl (C=O) groups excluding carboxylic acids is 2. The molecule has 256 valence electrons. The summed E-state index contributed by atoms with van der Waals surface area (Å²) >= 11 is 0. The third-order valence-electron chi connectivity index (χ3n) is 8.93. The average Bonchev–Trinajstić information content (AvgIpc) is 3.01. The normalized spacial score (nSPS) is 12.7. The molecule has 0 aromatic heterocycles. The van der Waals surface area contributed by atoms with E-state index in [1.165, 1.54) is 142 Å². The summed E-state index contributed by atoms with van der Waals surface area (Å²) in [6, 6.07) is 0. The molecule has 0 aliphatic heterocycles. The molecule has 0 fully saturated rings. The Kier molecular flexibility index (Phi) is 32.9. The molecule has 2 unspecified atom stereocenters. The van der Waals surface area contributed by atoms with Gasteiger partial charge in [-0.25, -0.2) is 0 Å². The van der Waals surface area contributed by atoms with E-state index in [4.69, 9.17) is 14.2 Å². The van der Waals surface area contributed by atoms with E-state index in [0.717, 1.165) is 44.9 Å². The number of ether oxygens (including phenoxy) is 3. The number of carbonyl (C=O) groups is 2. The fourth-order valence-corrected chi connectivity index (χ4v) is 5.99. The molecule has 5 heteroatoms. The first-order valence-corrected chi connectivity index (χ1v) is 18.9. The second kappa shape index (κ2) is 33.8. The molecule has 0 bridgehead atoms. The molecule has 0 amide bonds. The fourth-order valence-electron chi connectivity index (χ4n) is 5.99. The van der Waals surface area contributed by atoms with Crippen LogP contribution in [0.25, 0.3) is 0 Å². The van der Waals surface area contributed by atoms with Crippen molar-refractivity contribution in [1.29, 1.82) is 0 Å². The van der Waals surface area contributed by atoms with Gasteiger partial charge in [0.1, 0.15) is 6.10 Å². The first-order valence-electron chi connectivity index (χ1n) is 18.9. The molecule has 0 heterocycles. The quantitative estimate of drug-likeness (QED) is 0.0535. The van der Waals surface area contributed by atoms with E-state index in [-0.39, 0.29) is 18.0 Å². The van der Waals surface area contributed by atoms with Crippen LogP contribution in [0, 0.1) is 0 Å². The highest BCUT2D eigenvalue weighted by Gasteiger charge is 2.14. The van der Waals surface area contributed by atoms with Crippen molar-refractivity contribution in [2.45, 2.75) is 219 Å². The van der Waals surface area contributed by atoms with Crippen molar-refractivity contribution < 1.29 is 23.8 Å². The molecule has 43 heavy (non-hydrogen) atoms. The van der Waals surface area contributed by atoms with Crippen LogP contribution in [0.15, 0.2) is 0 Å². The number of unbranched alkanes of at least 4 members (excludes halogenated alkanes) is 20. The lowest BCUT2D eigenvalue weighted by atomic mass is 10.0. The number of rotatable bonds is 34. The summed E-state index contributed by atoms with van der Waals surface area (Å²) in [5, 5.41) is 0. The van der Waals surface area contributed by atoms with Crippen LogP contribution in [-0.2, 0) is 23.8 Å². The lowest BCUT2D eigenvalue weighted by Gasteiger charge is -2.18. The molecule has 0 rings (SSSR count). The van der Waals surface area contributed by atoms with Crippen LogP contribution in [0.4, 0.5) is 0 Å². The number of hydrogen-bond donors (Lipinski definition) is 0. The highest BCUT2D eigenvalue weighted by Crippen LogP contribution is 2.19. The highest BCUT2D eigenvalue weighted by molar-refractivity contribution is 5.69. The average molecular weight is 611 g/mol. The Labute approximate surface area is 268 Å². The zero-order chi connectivity index (χ0) is 31.6. The lowest BCUT2D eigenvalue weighted by molar-refractivity contribution is -0.150. The SMILES string of the molecule is CCCCCCC(CCCCCCCCCCC(=O)OC(CCCCCC)CCCCCCCCCCC(=O)OC)OC. The Balaban J connectivity index is 3.88. The Hall–Kier alpha value is -1.10. The fraction of sp³-hybridized carbons (Fsp3) is 0.947. The Morgan fingerprint density at radius 3 is 1.12 bits per heavy atom. The van der Waals surface area contributed by atoms with Crippen molar-refractivity contribution in [3.8, 4) is 0 Å². The van der Waals surface area contributed by atoms with Crippen LogP contribution in [0.5, 0.6) is 0 Å². The van der Waals surface area contributed by atoms with Crippen molar-refractivity contribution in [2.24, 2.45) is 0 Å². The molecule has 0 N–H and O–H groups in total. The van der Waals surface area contributed by atoms with E-state index in [1.807, 2.05) is 7.11 Å². The van der Waals surface area contributed by atoms with Gasteiger partial charge in [-0.1, -0.05) is 142 Å². The minimum absolute atomic E-state index is 0.0230. The molecular formula is C38H74O5. The molecule has 0 aliphatic rings. The summed E-state index contributed by atoms with van der Waals surface area (Å²) < 4.78 is 16.4. The predicted molar refractivity (Wildman–Crippen MR) is 183 cm³/mol. The molecule has 0 saturated carbocycles. The topological polar surface area (TPSA) is 61.8 Å². The lowest BCUT2D eigenvalue weighted by Crippen LogP contribution is -2.18. The maximum absolute atomic E-state index is 12.6. The zero-order valence-corrected chi connectivity index (χ0v) is 29.4. The van der Waals surface area contributed by atoms with Gasteiger partial charge in [0.05, 0.1) is 13.2 Å². The summed E-state index contributed by atoms with van der Waals surface area (Å²) in [6.45, 7) is 4.51. The minimum atomic E-state index is -0.0957. The Morgan fingerprint density at radius 1 is 0.419 bits per heavy atom. The molecule has 0 radical (unpaired) electrons.